The average Bonchev–Trinajstić information content (AvgIpc) is 1.99. The molecule has 0 heterocycles. The van der Waals surface area contributed by atoms with Crippen molar-refractivity contribution in [1.29, 1.82) is 0 Å². The van der Waals surface area contributed by atoms with Crippen LogP contribution in [0.5, 0.6) is 0 Å². The van der Waals surface area contributed by atoms with E-state index < -0.39 is 0 Å². The van der Waals surface area contributed by atoms with E-state index in [2.05, 4.69) is 75.4 Å². The van der Waals surface area contributed by atoms with Crippen molar-refractivity contribution in [2.45, 2.75) is 85.3 Å². The largest absolute Gasteiger partial charge is 0.287 e. The zero-order chi connectivity index (χ0) is 13.0. The summed E-state index contributed by atoms with van der Waals surface area (Å²) in [7, 11) is 3.92. The molecule has 0 rings (SSSR count). The molecule has 2 nitrogen and oxygen atoms in total. The molecule has 0 aromatic rings. The van der Waals surface area contributed by atoms with E-state index in [1.54, 1.807) is 0 Å². The molecule has 0 saturated carbocycles. The Morgan fingerprint density at radius 2 is 0.750 bits per heavy atom. The third kappa shape index (κ3) is 4.19. The maximum atomic E-state index is 3.92. The van der Waals surface area contributed by atoms with E-state index in [1.807, 2.05) is 0 Å². The van der Waals surface area contributed by atoms with Crippen molar-refractivity contribution >= 4 is 10.2 Å². The molecule has 0 aromatic carbocycles. The molecule has 0 atom stereocenters. The maximum absolute atomic E-state index is 3.92. The van der Waals surface area contributed by atoms with Gasteiger partial charge in [0.25, 0.3) is 0 Å². The predicted octanol–water partition coefficient (Wildman–Crippen LogP) is 2.68. The van der Waals surface area contributed by atoms with Gasteiger partial charge in [-0.15, -0.1) is 0 Å². The van der Waals surface area contributed by atoms with Crippen LogP contribution in [0.2, 0.25) is 0 Å². The van der Waals surface area contributed by atoms with Crippen molar-refractivity contribution in [1.82, 2.24) is 9.80 Å². The summed E-state index contributed by atoms with van der Waals surface area (Å²) < 4.78 is 0. The molecular formula is C13H29N2Si. The van der Waals surface area contributed by atoms with Crippen LogP contribution in [0.4, 0.5) is 0 Å². The van der Waals surface area contributed by atoms with Gasteiger partial charge in [-0.25, -0.2) is 0 Å². The zero-order valence-electron chi connectivity index (χ0n) is 12.3. The van der Waals surface area contributed by atoms with Crippen LogP contribution >= 0.6 is 0 Å². The minimum absolute atomic E-state index is 0.306. The summed E-state index contributed by atoms with van der Waals surface area (Å²) in [6, 6.07) is 2.18. The molecule has 16 heavy (non-hydrogen) atoms. The van der Waals surface area contributed by atoms with Crippen LogP contribution in [0, 0.1) is 0 Å². The molecule has 0 fully saturated rings. The van der Waals surface area contributed by atoms with E-state index in [1.165, 1.54) is 0 Å². The monoisotopic (exact) mass is 241 g/mol. The molecule has 0 aliphatic carbocycles. The highest BCUT2D eigenvalue weighted by Crippen LogP contribution is 2.17. The molecule has 0 aliphatic heterocycles. The Morgan fingerprint density at radius 1 is 0.562 bits per heavy atom. The van der Waals surface area contributed by atoms with Crippen molar-refractivity contribution in [3.63, 3.8) is 0 Å². The summed E-state index contributed by atoms with van der Waals surface area (Å²) in [5.74, 6) is 0.306. The van der Waals surface area contributed by atoms with Gasteiger partial charge in [0, 0.05) is 30.0 Å². The van der Waals surface area contributed by atoms with E-state index in [0.29, 0.717) is 30.0 Å². The van der Waals surface area contributed by atoms with Gasteiger partial charge in [-0.05, 0) is 55.4 Å². The van der Waals surface area contributed by atoms with Gasteiger partial charge in [0.05, 0.1) is 10.2 Å². The lowest BCUT2D eigenvalue weighted by Crippen LogP contribution is -2.58. The Bertz CT molecular complexity index is 154. The summed E-state index contributed by atoms with van der Waals surface area (Å²) in [6.45, 7) is 18.0. The van der Waals surface area contributed by atoms with Gasteiger partial charge in [0.15, 0.2) is 0 Å². The molecule has 0 bridgehead atoms. The first-order valence-corrected chi connectivity index (χ1v) is 7.03. The van der Waals surface area contributed by atoms with E-state index in [9.17, 15) is 0 Å². The fourth-order valence-electron chi connectivity index (χ4n) is 2.48. The van der Waals surface area contributed by atoms with Gasteiger partial charge in [-0.3, -0.25) is 9.80 Å². The first-order valence-electron chi connectivity index (χ1n) is 6.46. The lowest BCUT2D eigenvalue weighted by Gasteiger charge is -2.46. The van der Waals surface area contributed by atoms with Crippen LogP contribution in [0.25, 0.3) is 0 Å². The molecule has 0 aromatic heterocycles. The molecule has 0 N–H and O–H groups in total. The Balaban J connectivity index is 4.88. The highest BCUT2D eigenvalue weighted by atomic mass is 28.1. The average molecular weight is 241 g/mol. The van der Waals surface area contributed by atoms with Gasteiger partial charge in [-0.2, -0.15) is 0 Å². The highest BCUT2D eigenvalue weighted by molar-refractivity contribution is 6.11. The summed E-state index contributed by atoms with van der Waals surface area (Å²) in [6.07, 6.45) is 0. The second-order valence-corrected chi connectivity index (χ2v) is 6.16. The highest BCUT2D eigenvalue weighted by Gasteiger charge is 2.28. The van der Waals surface area contributed by atoms with Gasteiger partial charge >= 0.3 is 0 Å². The summed E-state index contributed by atoms with van der Waals surface area (Å²) >= 11 is 0. The first kappa shape index (κ1) is 16.1. The summed E-state index contributed by atoms with van der Waals surface area (Å²) in [4.78, 5) is 4.99. The van der Waals surface area contributed by atoms with Crippen LogP contribution < -0.4 is 0 Å². The third-order valence-electron chi connectivity index (χ3n) is 2.95. The topological polar surface area (TPSA) is 6.48 Å². The van der Waals surface area contributed by atoms with Gasteiger partial charge < -0.3 is 0 Å². The molecule has 3 radical (unpaired) electrons. The van der Waals surface area contributed by atoms with Crippen molar-refractivity contribution in [3.05, 3.63) is 0 Å². The number of rotatable bonds is 6. The molecule has 0 spiro atoms. The van der Waals surface area contributed by atoms with Crippen LogP contribution in [0.15, 0.2) is 0 Å². The molecule has 0 unspecified atom stereocenters. The van der Waals surface area contributed by atoms with Gasteiger partial charge in [0.2, 0.25) is 0 Å². The second kappa shape index (κ2) is 6.77. The standard InChI is InChI=1S/C13H29N2Si/c1-9(2)14(10(3)4)13(16)15(11(5)6)12(7)8/h9-13H,1-8H3. The Morgan fingerprint density at radius 3 is 0.875 bits per heavy atom. The fourth-order valence-corrected chi connectivity index (χ4v) is 3.67. The molecule has 0 aliphatic rings. The van der Waals surface area contributed by atoms with Crippen LogP contribution in [-0.4, -0.2) is 50.0 Å². The first-order chi connectivity index (χ1) is 7.20. The molecular weight excluding hydrogens is 212 g/mol. The third-order valence-corrected chi connectivity index (χ3v) is 3.55. The van der Waals surface area contributed by atoms with Crippen LogP contribution in [-0.2, 0) is 0 Å². The predicted molar refractivity (Wildman–Crippen MR) is 73.8 cm³/mol. The molecule has 0 amide bonds. The zero-order valence-corrected chi connectivity index (χ0v) is 13.3. The SMILES string of the molecule is CC(C)N(C(C)C)C([Si])N(C(C)C)C(C)C. The normalized spacial score (nSPS) is 13.5. The summed E-state index contributed by atoms with van der Waals surface area (Å²) in [5.41, 5.74) is 0. The lowest BCUT2D eigenvalue weighted by molar-refractivity contribution is 0.0122. The number of hydrogen-bond acceptors (Lipinski definition) is 2. The van der Waals surface area contributed by atoms with E-state index in [4.69, 9.17) is 0 Å². The van der Waals surface area contributed by atoms with Crippen molar-refractivity contribution in [3.8, 4) is 0 Å². The summed E-state index contributed by atoms with van der Waals surface area (Å²) in [5, 5.41) is 0. The minimum Gasteiger partial charge on any atom is -0.287 e. The second-order valence-electron chi connectivity index (χ2n) is 5.64. The molecule has 3 heteroatoms. The maximum Gasteiger partial charge on any atom is 0.0703 e. The fraction of sp³-hybridized carbons (Fsp3) is 1.00. The minimum atomic E-state index is 0.306. The molecule has 95 valence electrons. The van der Waals surface area contributed by atoms with Gasteiger partial charge in [-0.1, -0.05) is 0 Å². The van der Waals surface area contributed by atoms with Crippen molar-refractivity contribution in [2.75, 3.05) is 0 Å². The number of nitrogens with zero attached hydrogens (tertiary/aromatic N) is 2. The number of hydrogen-bond donors (Lipinski definition) is 0. The van der Waals surface area contributed by atoms with E-state index in [-0.39, 0.29) is 0 Å². The van der Waals surface area contributed by atoms with Crippen molar-refractivity contribution < 1.29 is 0 Å². The van der Waals surface area contributed by atoms with E-state index in [0.717, 1.165) is 0 Å². The Kier molecular flexibility index (Phi) is 6.83. The van der Waals surface area contributed by atoms with Crippen LogP contribution in [0.1, 0.15) is 55.4 Å². The lowest BCUT2D eigenvalue weighted by atomic mass is 10.2. The van der Waals surface area contributed by atoms with Crippen LogP contribution in [0.3, 0.4) is 0 Å². The molecule has 0 saturated heterocycles. The Labute approximate surface area is 106 Å². The smallest absolute Gasteiger partial charge is 0.0703 e. The van der Waals surface area contributed by atoms with Crippen molar-refractivity contribution in [2.24, 2.45) is 0 Å². The quantitative estimate of drug-likeness (QED) is 0.521. The van der Waals surface area contributed by atoms with Gasteiger partial charge in [0.1, 0.15) is 0 Å². The van der Waals surface area contributed by atoms with E-state index >= 15 is 0 Å². The Hall–Kier alpha value is 0.137.